The van der Waals surface area contributed by atoms with Crippen LogP contribution in [-0.4, -0.2) is 59.5 Å². The van der Waals surface area contributed by atoms with E-state index in [1.165, 1.54) is 11.5 Å². The van der Waals surface area contributed by atoms with Gasteiger partial charge in [0, 0.05) is 30.3 Å². The summed E-state index contributed by atoms with van der Waals surface area (Å²) in [6, 6.07) is 0. The first-order valence-electron chi connectivity index (χ1n) is 4.98. The van der Waals surface area contributed by atoms with Gasteiger partial charge in [-0.15, -0.1) is 11.8 Å². The van der Waals surface area contributed by atoms with Crippen molar-refractivity contribution < 1.29 is 4.74 Å². The fourth-order valence-corrected chi connectivity index (χ4v) is 4.31. The van der Waals surface area contributed by atoms with Gasteiger partial charge in [0.05, 0.1) is 18.5 Å². The minimum Gasteiger partial charge on any atom is -0.378 e. The van der Waals surface area contributed by atoms with E-state index in [0.717, 1.165) is 37.9 Å². The maximum Gasteiger partial charge on any atom is 0.110 e. The monoisotopic (exact) mass is 232 g/mol. The largest absolute Gasteiger partial charge is 0.378 e. The van der Waals surface area contributed by atoms with Crippen LogP contribution < -0.4 is 0 Å². The molecule has 0 spiro atoms. The molecule has 0 bridgehead atoms. The number of nitrogens with zero attached hydrogens (tertiary/aromatic N) is 1. The molecule has 14 heavy (non-hydrogen) atoms. The molecule has 0 aromatic rings. The highest BCUT2D eigenvalue weighted by atomic mass is 32.2. The van der Waals surface area contributed by atoms with Crippen molar-refractivity contribution >= 4 is 29.4 Å². The Labute approximate surface area is 93.5 Å². The van der Waals surface area contributed by atoms with Gasteiger partial charge >= 0.3 is 0 Å². The van der Waals surface area contributed by atoms with E-state index in [2.05, 4.69) is 4.90 Å². The second kappa shape index (κ2) is 5.28. The molecule has 1 unspecified atom stereocenters. The SMILES string of the molecule is N=C(C1CSCCS1)N1CCOCC1. The second-order valence-electron chi connectivity index (χ2n) is 3.42. The van der Waals surface area contributed by atoms with Gasteiger partial charge in [-0.2, -0.15) is 11.8 Å². The van der Waals surface area contributed by atoms with E-state index in [1.807, 2.05) is 23.5 Å². The number of morpholine rings is 1. The number of rotatable bonds is 1. The van der Waals surface area contributed by atoms with E-state index in [1.54, 1.807) is 0 Å². The first-order chi connectivity index (χ1) is 6.88. The van der Waals surface area contributed by atoms with E-state index in [4.69, 9.17) is 10.1 Å². The van der Waals surface area contributed by atoms with Crippen LogP contribution in [0.15, 0.2) is 0 Å². The average Bonchev–Trinajstić information content (AvgIpc) is 2.30. The van der Waals surface area contributed by atoms with Gasteiger partial charge in [0.15, 0.2) is 0 Å². The molecule has 2 aliphatic heterocycles. The number of hydrogen-bond donors (Lipinski definition) is 1. The lowest BCUT2D eigenvalue weighted by molar-refractivity contribution is 0.0671. The molecule has 0 aromatic heterocycles. The molecule has 80 valence electrons. The first kappa shape index (κ1) is 10.6. The Morgan fingerprint density at radius 2 is 2.07 bits per heavy atom. The standard InChI is InChI=1S/C9H16N2OS2/c10-9(8-7-13-5-6-14-8)11-1-3-12-4-2-11/h8,10H,1-7H2. The van der Waals surface area contributed by atoms with Crippen molar-refractivity contribution in [3.05, 3.63) is 0 Å². The highest BCUT2D eigenvalue weighted by Gasteiger charge is 2.24. The van der Waals surface area contributed by atoms with Crippen molar-refractivity contribution in [2.24, 2.45) is 0 Å². The van der Waals surface area contributed by atoms with Crippen LogP contribution in [0.2, 0.25) is 0 Å². The summed E-state index contributed by atoms with van der Waals surface area (Å²) in [5.41, 5.74) is 0. The van der Waals surface area contributed by atoms with Crippen molar-refractivity contribution in [1.82, 2.24) is 4.90 Å². The average molecular weight is 232 g/mol. The summed E-state index contributed by atoms with van der Waals surface area (Å²) in [5, 5.41) is 8.54. The van der Waals surface area contributed by atoms with Crippen molar-refractivity contribution in [2.75, 3.05) is 43.6 Å². The smallest absolute Gasteiger partial charge is 0.110 e. The van der Waals surface area contributed by atoms with Crippen molar-refractivity contribution in [2.45, 2.75) is 5.25 Å². The van der Waals surface area contributed by atoms with Crippen LogP contribution >= 0.6 is 23.5 Å². The fourth-order valence-electron chi connectivity index (χ4n) is 1.65. The highest BCUT2D eigenvalue weighted by molar-refractivity contribution is 8.07. The van der Waals surface area contributed by atoms with Crippen LogP contribution in [0.25, 0.3) is 0 Å². The Hall–Kier alpha value is 0.130. The Morgan fingerprint density at radius 1 is 1.29 bits per heavy atom. The molecule has 2 heterocycles. The zero-order chi connectivity index (χ0) is 9.80. The topological polar surface area (TPSA) is 36.3 Å². The number of ether oxygens (including phenoxy) is 1. The Bertz CT molecular complexity index is 181. The van der Waals surface area contributed by atoms with E-state index >= 15 is 0 Å². The lowest BCUT2D eigenvalue weighted by Gasteiger charge is -2.33. The predicted octanol–water partition coefficient (Wildman–Crippen LogP) is 1.14. The summed E-state index contributed by atoms with van der Waals surface area (Å²) in [4.78, 5) is 2.17. The van der Waals surface area contributed by atoms with Gasteiger partial charge in [0.25, 0.3) is 0 Å². The quantitative estimate of drug-likeness (QED) is 0.543. The molecular formula is C9H16N2OS2. The molecule has 1 N–H and O–H groups in total. The zero-order valence-electron chi connectivity index (χ0n) is 8.20. The summed E-state index contributed by atoms with van der Waals surface area (Å²) >= 11 is 3.91. The van der Waals surface area contributed by atoms with Crippen LogP contribution in [-0.2, 0) is 4.74 Å². The van der Waals surface area contributed by atoms with Gasteiger partial charge in [0.1, 0.15) is 5.84 Å². The van der Waals surface area contributed by atoms with Gasteiger partial charge in [-0.3, -0.25) is 5.41 Å². The van der Waals surface area contributed by atoms with Crippen LogP contribution in [0.4, 0.5) is 0 Å². The maximum absolute atomic E-state index is 8.11. The van der Waals surface area contributed by atoms with E-state index in [0.29, 0.717) is 5.25 Å². The minimum absolute atomic E-state index is 0.423. The molecule has 2 saturated heterocycles. The maximum atomic E-state index is 8.11. The summed E-state index contributed by atoms with van der Waals surface area (Å²) in [6.07, 6.45) is 0. The number of nitrogens with one attached hydrogen (secondary N) is 1. The van der Waals surface area contributed by atoms with Crippen molar-refractivity contribution in [3.8, 4) is 0 Å². The van der Waals surface area contributed by atoms with Crippen molar-refractivity contribution in [3.63, 3.8) is 0 Å². The van der Waals surface area contributed by atoms with Gasteiger partial charge in [-0.05, 0) is 0 Å². The molecule has 0 radical (unpaired) electrons. The summed E-state index contributed by atoms with van der Waals surface area (Å²) in [6.45, 7) is 3.38. The van der Waals surface area contributed by atoms with E-state index in [9.17, 15) is 0 Å². The van der Waals surface area contributed by atoms with Crippen LogP contribution in [0, 0.1) is 5.41 Å². The summed E-state index contributed by atoms with van der Waals surface area (Å²) in [7, 11) is 0. The van der Waals surface area contributed by atoms with Crippen LogP contribution in [0.3, 0.4) is 0 Å². The molecule has 0 aliphatic carbocycles. The molecule has 1 atom stereocenters. The van der Waals surface area contributed by atoms with Crippen LogP contribution in [0.1, 0.15) is 0 Å². The Balaban J connectivity index is 1.85. The normalized spacial score (nSPS) is 28.9. The third-order valence-electron chi connectivity index (χ3n) is 2.47. The first-order valence-corrected chi connectivity index (χ1v) is 7.19. The molecule has 2 fully saturated rings. The Kier molecular flexibility index (Phi) is 4.01. The molecular weight excluding hydrogens is 216 g/mol. The van der Waals surface area contributed by atoms with Gasteiger partial charge < -0.3 is 9.64 Å². The molecule has 3 nitrogen and oxygen atoms in total. The summed E-state index contributed by atoms with van der Waals surface area (Å²) in [5.74, 6) is 4.38. The highest BCUT2D eigenvalue weighted by Crippen LogP contribution is 2.25. The molecule has 2 aliphatic rings. The van der Waals surface area contributed by atoms with Gasteiger partial charge in [-0.25, -0.2) is 0 Å². The molecule has 0 saturated carbocycles. The molecule has 2 rings (SSSR count). The molecule has 5 heteroatoms. The van der Waals surface area contributed by atoms with E-state index < -0.39 is 0 Å². The number of hydrogen-bond acceptors (Lipinski definition) is 4. The van der Waals surface area contributed by atoms with Crippen molar-refractivity contribution in [1.29, 1.82) is 5.41 Å². The minimum atomic E-state index is 0.423. The van der Waals surface area contributed by atoms with Gasteiger partial charge in [-0.1, -0.05) is 0 Å². The van der Waals surface area contributed by atoms with Crippen LogP contribution in [0.5, 0.6) is 0 Å². The lowest BCUT2D eigenvalue weighted by Crippen LogP contribution is -2.45. The second-order valence-corrected chi connectivity index (χ2v) is 5.88. The molecule has 0 aromatic carbocycles. The third kappa shape index (κ3) is 2.58. The number of amidine groups is 1. The third-order valence-corrected chi connectivity index (χ3v) is 5.24. The Morgan fingerprint density at radius 3 is 2.71 bits per heavy atom. The zero-order valence-corrected chi connectivity index (χ0v) is 9.83. The predicted molar refractivity (Wildman–Crippen MR) is 63.7 cm³/mol. The molecule has 0 amide bonds. The number of thioether (sulfide) groups is 2. The van der Waals surface area contributed by atoms with E-state index in [-0.39, 0.29) is 0 Å². The fraction of sp³-hybridized carbons (Fsp3) is 0.889. The summed E-state index contributed by atoms with van der Waals surface area (Å²) < 4.78 is 5.29. The van der Waals surface area contributed by atoms with Gasteiger partial charge in [0.2, 0.25) is 0 Å². The lowest BCUT2D eigenvalue weighted by atomic mass is 10.3.